The number of benzene rings is 1. The number of rotatable bonds is 6. The third-order valence-corrected chi connectivity index (χ3v) is 2.35. The quantitative estimate of drug-likeness (QED) is 0.783. The third kappa shape index (κ3) is 4.04. The van der Waals surface area contributed by atoms with E-state index in [0.29, 0.717) is 18.2 Å². The largest absolute Gasteiger partial charge is 0.383 e. The number of hydrogen-bond acceptors (Lipinski definition) is 2. The van der Waals surface area contributed by atoms with Crippen LogP contribution in [0.15, 0.2) is 24.3 Å². The first kappa shape index (κ1) is 13.4. The van der Waals surface area contributed by atoms with E-state index in [1.807, 2.05) is 0 Å². The van der Waals surface area contributed by atoms with Crippen LogP contribution in [0.5, 0.6) is 0 Å². The maximum Gasteiger partial charge on any atom is 0.285 e. The molecular weight excluding hydrogens is 236 g/mol. The van der Waals surface area contributed by atoms with Crippen LogP contribution in [0.25, 0.3) is 0 Å². The molecule has 0 aliphatic heterocycles. The second kappa shape index (κ2) is 6.13. The molecule has 0 heterocycles. The van der Waals surface area contributed by atoms with Gasteiger partial charge in [-0.05, 0) is 12.1 Å². The normalized spacial score (nSPS) is 11.8. The number of halogens is 3. The molecule has 16 heavy (non-hydrogen) atoms. The average molecular weight is 250 g/mol. The summed E-state index contributed by atoms with van der Waals surface area (Å²) in [6.07, 6.45) is 0. The van der Waals surface area contributed by atoms with Gasteiger partial charge in [-0.2, -0.15) is 8.78 Å². The van der Waals surface area contributed by atoms with Crippen molar-refractivity contribution < 1.29 is 13.5 Å². The van der Waals surface area contributed by atoms with E-state index in [0.717, 1.165) is 0 Å². The number of hydrogen-bond donors (Lipinski definition) is 1. The molecule has 1 aromatic carbocycles. The van der Waals surface area contributed by atoms with Crippen molar-refractivity contribution in [3.05, 3.63) is 34.9 Å². The summed E-state index contributed by atoms with van der Waals surface area (Å²) in [5, 5.41) is 3.08. The molecular formula is C11H14ClF2NO. The first-order valence-electron chi connectivity index (χ1n) is 4.90. The van der Waals surface area contributed by atoms with Crippen LogP contribution >= 0.6 is 11.6 Å². The maximum absolute atomic E-state index is 13.6. The van der Waals surface area contributed by atoms with Crippen LogP contribution < -0.4 is 5.32 Å². The van der Waals surface area contributed by atoms with Crippen LogP contribution in [0.4, 0.5) is 8.78 Å². The summed E-state index contributed by atoms with van der Waals surface area (Å²) in [5.41, 5.74) is -0.0400. The molecule has 5 heteroatoms. The van der Waals surface area contributed by atoms with E-state index in [1.165, 1.54) is 31.4 Å². The summed E-state index contributed by atoms with van der Waals surface area (Å²) >= 11 is 5.63. The molecule has 2 nitrogen and oxygen atoms in total. The van der Waals surface area contributed by atoms with Crippen molar-refractivity contribution in [1.29, 1.82) is 0 Å². The van der Waals surface area contributed by atoms with Crippen molar-refractivity contribution in [3.63, 3.8) is 0 Å². The molecule has 0 saturated heterocycles. The number of alkyl halides is 2. The van der Waals surface area contributed by atoms with E-state index in [-0.39, 0.29) is 5.56 Å². The first-order valence-corrected chi connectivity index (χ1v) is 5.27. The number of methoxy groups -OCH3 is 1. The Labute approximate surface area is 98.6 Å². The highest BCUT2D eigenvalue weighted by Crippen LogP contribution is 2.27. The molecule has 0 unspecified atom stereocenters. The fraction of sp³-hybridized carbons (Fsp3) is 0.455. The lowest BCUT2D eigenvalue weighted by atomic mass is 10.1. The van der Waals surface area contributed by atoms with E-state index in [4.69, 9.17) is 16.3 Å². The molecule has 0 bridgehead atoms. The molecule has 0 atom stereocenters. The van der Waals surface area contributed by atoms with Crippen molar-refractivity contribution in [2.75, 3.05) is 26.8 Å². The van der Waals surface area contributed by atoms with Gasteiger partial charge in [-0.3, -0.25) is 0 Å². The van der Waals surface area contributed by atoms with Gasteiger partial charge in [0.15, 0.2) is 0 Å². The molecule has 0 fully saturated rings. The summed E-state index contributed by atoms with van der Waals surface area (Å²) < 4.78 is 31.9. The van der Waals surface area contributed by atoms with Crippen molar-refractivity contribution in [3.8, 4) is 0 Å². The Kier molecular flexibility index (Phi) is 5.12. The lowest BCUT2D eigenvalue weighted by Crippen LogP contribution is -2.32. The van der Waals surface area contributed by atoms with Crippen LogP contribution in [0.1, 0.15) is 5.56 Å². The minimum absolute atomic E-state index is 0.0400. The Morgan fingerprint density at radius 2 is 1.94 bits per heavy atom. The topological polar surface area (TPSA) is 21.3 Å². The van der Waals surface area contributed by atoms with Crippen LogP contribution in [0.3, 0.4) is 0 Å². The molecule has 0 radical (unpaired) electrons. The summed E-state index contributed by atoms with van der Waals surface area (Å²) in [5.74, 6) is -2.89. The number of ether oxygens (including phenoxy) is 1. The predicted octanol–water partition coefficient (Wildman–Crippen LogP) is 2.67. The highest BCUT2D eigenvalue weighted by Gasteiger charge is 2.30. The molecule has 0 amide bonds. The zero-order chi connectivity index (χ0) is 12.0. The molecule has 1 aromatic rings. The van der Waals surface area contributed by atoms with Crippen molar-refractivity contribution in [1.82, 2.24) is 5.32 Å². The van der Waals surface area contributed by atoms with E-state index >= 15 is 0 Å². The van der Waals surface area contributed by atoms with E-state index < -0.39 is 12.5 Å². The zero-order valence-electron chi connectivity index (χ0n) is 8.97. The summed E-state index contributed by atoms with van der Waals surface area (Å²) in [6, 6.07) is 5.58. The Hall–Kier alpha value is -0.710. The standard InChI is InChI=1S/C11H14ClF2NO/c1-16-7-6-15-8-11(13,14)9-2-4-10(12)5-3-9/h2-5,15H,6-8H2,1H3. The first-order chi connectivity index (χ1) is 7.56. The number of nitrogens with one attached hydrogen (secondary N) is 1. The van der Waals surface area contributed by atoms with Gasteiger partial charge in [0, 0.05) is 24.2 Å². The van der Waals surface area contributed by atoms with Gasteiger partial charge in [0.2, 0.25) is 0 Å². The van der Waals surface area contributed by atoms with Gasteiger partial charge in [0.25, 0.3) is 5.92 Å². The Morgan fingerprint density at radius 3 is 2.50 bits per heavy atom. The molecule has 1 rings (SSSR count). The van der Waals surface area contributed by atoms with Crippen molar-refractivity contribution in [2.24, 2.45) is 0 Å². The molecule has 0 aliphatic rings. The Morgan fingerprint density at radius 1 is 1.31 bits per heavy atom. The lowest BCUT2D eigenvalue weighted by molar-refractivity contribution is -0.00414. The van der Waals surface area contributed by atoms with Gasteiger partial charge in [-0.15, -0.1) is 0 Å². The van der Waals surface area contributed by atoms with Crippen LogP contribution in [-0.2, 0) is 10.7 Å². The molecule has 90 valence electrons. The van der Waals surface area contributed by atoms with Gasteiger partial charge < -0.3 is 10.1 Å². The molecule has 1 N–H and O–H groups in total. The van der Waals surface area contributed by atoms with Gasteiger partial charge in [0.1, 0.15) is 0 Å². The summed E-state index contributed by atoms with van der Waals surface area (Å²) in [7, 11) is 1.53. The van der Waals surface area contributed by atoms with E-state index in [2.05, 4.69) is 5.32 Å². The SMILES string of the molecule is COCCNCC(F)(F)c1ccc(Cl)cc1. The third-order valence-electron chi connectivity index (χ3n) is 2.10. The monoisotopic (exact) mass is 249 g/mol. The van der Waals surface area contributed by atoms with Crippen molar-refractivity contribution in [2.45, 2.75) is 5.92 Å². The van der Waals surface area contributed by atoms with E-state index in [9.17, 15) is 8.78 Å². The van der Waals surface area contributed by atoms with Gasteiger partial charge >= 0.3 is 0 Å². The zero-order valence-corrected chi connectivity index (χ0v) is 9.73. The Bertz CT molecular complexity index is 316. The van der Waals surface area contributed by atoms with Gasteiger partial charge in [0.05, 0.1) is 13.2 Å². The Balaban J connectivity index is 2.52. The van der Waals surface area contributed by atoms with E-state index in [1.54, 1.807) is 0 Å². The smallest absolute Gasteiger partial charge is 0.285 e. The molecule has 0 aliphatic carbocycles. The molecule has 0 spiro atoms. The molecule has 0 aromatic heterocycles. The van der Waals surface area contributed by atoms with Crippen LogP contribution in [0.2, 0.25) is 5.02 Å². The highest BCUT2D eigenvalue weighted by atomic mass is 35.5. The highest BCUT2D eigenvalue weighted by molar-refractivity contribution is 6.30. The van der Waals surface area contributed by atoms with Crippen molar-refractivity contribution >= 4 is 11.6 Å². The summed E-state index contributed by atoms with van der Waals surface area (Å²) in [6.45, 7) is 0.411. The second-order valence-corrected chi connectivity index (χ2v) is 3.82. The minimum atomic E-state index is -2.89. The fourth-order valence-electron chi connectivity index (χ4n) is 1.22. The summed E-state index contributed by atoms with van der Waals surface area (Å²) in [4.78, 5) is 0. The predicted molar refractivity (Wildman–Crippen MR) is 60.1 cm³/mol. The van der Waals surface area contributed by atoms with Gasteiger partial charge in [-0.25, -0.2) is 0 Å². The van der Waals surface area contributed by atoms with Crippen LogP contribution in [-0.4, -0.2) is 26.8 Å². The maximum atomic E-state index is 13.6. The van der Waals surface area contributed by atoms with Gasteiger partial charge in [-0.1, -0.05) is 23.7 Å². The molecule has 0 saturated carbocycles. The van der Waals surface area contributed by atoms with Crippen LogP contribution in [0, 0.1) is 0 Å². The lowest BCUT2D eigenvalue weighted by Gasteiger charge is -2.17. The minimum Gasteiger partial charge on any atom is -0.383 e. The average Bonchev–Trinajstić information content (AvgIpc) is 2.25. The second-order valence-electron chi connectivity index (χ2n) is 3.38. The fourth-order valence-corrected chi connectivity index (χ4v) is 1.34.